The molecular formula is C15H24O4. The summed E-state index contributed by atoms with van der Waals surface area (Å²) in [5.74, 6) is -1.73. The number of hydrogen-bond donors (Lipinski definition) is 2. The van der Waals surface area contributed by atoms with Crippen molar-refractivity contribution in [3.05, 3.63) is 11.3 Å². The lowest BCUT2D eigenvalue weighted by Gasteiger charge is -2.14. The Morgan fingerprint density at radius 3 is 2.37 bits per heavy atom. The minimum atomic E-state index is -1.21. The van der Waals surface area contributed by atoms with Gasteiger partial charge in [0.25, 0.3) is 0 Å². The number of aliphatic hydroxyl groups is 2. The molecule has 0 spiro atoms. The molecular weight excluding hydrogens is 244 g/mol. The highest BCUT2D eigenvalue weighted by Crippen LogP contribution is 2.33. The van der Waals surface area contributed by atoms with Crippen molar-refractivity contribution in [1.82, 2.24) is 0 Å². The van der Waals surface area contributed by atoms with Crippen LogP contribution in [-0.4, -0.2) is 27.9 Å². The first-order valence-corrected chi connectivity index (χ1v) is 7.00. The smallest absolute Gasteiger partial charge is 0.176 e. The number of Topliss-reactive ketones (excluding diaryl/α,β-unsaturated/α-hetero) is 2. The predicted molar refractivity (Wildman–Crippen MR) is 72.7 cm³/mol. The van der Waals surface area contributed by atoms with Gasteiger partial charge < -0.3 is 10.2 Å². The molecule has 0 aromatic rings. The largest absolute Gasteiger partial charge is 0.509 e. The molecule has 0 radical (unpaired) electrons. The van der Waals surface area contributed by atoms with Crippen LogP contribution in [0.2, 0.25) is 0 Å². The molecule has 0 saturated heterocycles. The van der Waals surface area contributed by atoms with E-state index in [1.165, 1.54) is 0 Å². The fraction of sp³-hybridized carbons (Fsp3) is 0.733. The third-order valence-corrected chi connectivity index (χ3v) is 3.86. The third-order valence-electron chi connectivity index (χ3n) is 3.86. The highest BCUT2D eigenvalue weighted by molar-refractivity contribution is 6.23. The van der Waals surface area contributed by atoms with Gasteiger partial charge in [0.15, 0.2) is 11.6 Å². The SMILES string of the molecule is CCC(C)C(=O)C1=C(O)[C@H](O)[C@H](CCC(C)C)C1=O. The van der Waals surface area contributed by atoms with Crippen LogP contribution in [0.1, 0.15) is 47.0 Å². The predicted octanol–water partition coefficient (Wildman–Crippen LogP) is 2.41. The summed E-state index contributed by atoms with van der Waals surface area (Å²) in [5, 5.41) is 19.8. The van der Waals surface area contributed by atoms with Crippen LogP contribution in [0.25, 0.3) is 0 Å². The monoisotopic (exact) mass is 268 g/mol. The van der Waals surface area contributed by atoms with E-state index >= 15 is 0 Å². The van der Waals surface area contributed by atoms with Gasteiger partial charge in [-0.25, -0.2) is 0 Å². The van der Waals surface area contributed by atoms with Crippen LogP contribution in [-0.2, 0) is 9.59 Å². The second-order valence-electron chi connectivity index (χ2n) is 5.82. The summed E-state index contributed by atoms with van der Waals surface area (Å²) < 4.78 is 0. The van der Waals surface area contributed by atoms with Crippen molar-refractivity contribution < 1.29 is 19.8 Å². The van der Waals surface area contributed by atoms with Crippen LogP contribution in [0.5, 0.6) is 0 Å². The molecule has 0 aliphatic heterocycles. The molecule has 0 saturated carbocycles. The molecule has 4 nitrogen and oxygen atoms in total. The molecule has 0 bridgehead atoms. The summed E-state index contributed by atoms with van der Waals surface area (Å²) in [7, 11) is 0. The lowest BCUT2D eigenvalue weighted by Crippen LogP contribution is -2.24. The molecule has 0 aromatic heterocycles. The maximum atomic E-state index is 12.2. The highest BCUT2D eigenvalue weighted by atomic mass is 16.3. The molecule has 2 N–H and O–H groups in total. The van der Waals surface area contributed by atoms with Crippen LogP contribution in [0.3, 0.4) is 0 Å². The van der Waals surface area contributed by atoms with E-state index < -0.39 is 23.6 Å². The first-order chi connectivity index (χ1) is 8.81. The van der Waals surface area contributed by atoms with Crippen molar-refractivity contribution in [2.24, 2.45) is 17.8 Å². The first-order valence-electron chi connectivity index (χ1n) is 7.00. The van der Waals surface area contributed by atoms with Crippen LogP contribution in [0.4, 0.5) is 0 Å². The zero-order valence-electron chi connectivity index (χ0n) is 12.1. The first kappa shape index (κ1) is 15.9. The zero-order chi connectivity index (χ0) is 14.7. The van der Waals surface area contributed by atoms with E-state index in [9.17, 15) is 19.8 Å². The molecule has 0 heterocycles. The van der Waals surface area contributed by atoms with Crippen LogP contribution < -0.4 is 0 Å². The van der Waals surface area contributed by atoms with E-state index in [-0.39, 0.29) is 17.3 Å². The molecule has 19 heavy (non-hydrogen) atoms. The second kappa shape index (κ2) is 6.33. The Morgan fingerprint density at radius 1 is 1.32 bits per heavy atom. The molecule has 3 atom stereocenters. The number of hydrogen-bond acceptors (Lipinski definition) is 4. The normalized spacial score (nSPS) is 25.3. The molecule has 1 aliphatic carbocycles. The maximum Gasteiger partial charge on any atom is 0.176 e. The van der Waals surface area contributed by atoms with Gasteiger partial charge in [-0.1, -0.05) is 34.1 Å². The highest BCUT2D eigenvalue weighted by Gasteiger charge is 2.44. The Hall–Kier alpha value is -1.16. The van der Waals surface area contributed by atoms with Crippen molar-refractivity contribution in [3.8, 4) is 0 Å². The quantitative estimate of drug-likeness (QED) is 0.725. The molecule has 0 fully saturated rings. The molecule has 108 valence electrons. The van der Waals surface area contributed by atoms with Gasteiger partial charge >= 0.3 is 0 Å². The molecule has 1 rings (SSSR count). The molecule has 1 aliphatic rings. The van der Waals surface area contributed by atoms with Gasteiger partial charge in [0.2, 0.25) is 0 Å². The van der Waals surface area contributed by atoms with Gasteiger partial charge in [0, 0.05) is 5.92 Å². The number of carbonyl (C=O) groups is 2. The Bertz CT molecular complexity index is 395. The van der Waals surface area contributed by atoms with Crippen molar-refractivity contribution in [2.45, 2.75) is 53.1 Å². The fourth-order valence-electron chi connectivity index (χ4n) is 2.27. The van der Waals surface area contributed by atoms with Gasteiger partial charge in [-0.3, -0.25) is 9.59 Å². The average Bonchev–Trinajstić information content (AvgIpc) is 2.56. The fourth-order valence-corrected chi connectivity index (χ4v) is 2.27. The average molecular weight is 268 g/mol. The van der Waals surface area contributed by atoms with Gasteiger partial charge in [-0.05, 0) is 18.8 Å². The van der Waals surface area contributed by atoms with Gasteiger partial charge in [-0.2, -0.15) is 0 Å². The summed E-state index contributed by atoms with van der Waals surface area (Å²) in [6, 6.07) is 0. The van der Waals surface area contributed by atoms with E-state index in [4.69, 9.17) is 0 Å². The van der Waals surface area contributed by atoms with Crippen molar-refractivity contribution >= 4 is 11.6 Å². The lowest BCUT2D eigenvalue weighted by molar-refractivity contribution is -0.125. The molecule has 0 amide bonds. The van der Waals surface area contributed by atoms with Gasteiger partial charge in [0.05, 0.1) is 5.92 Å². The summed E-state index contributed by atoms with van der Waals surface area (Å²) in [4.78, 5) is 24.3. The van der Waals surface area contributed by atoms with Crippen LogP contribution in [0.15, 0.2) is 11.3 Å². The zero-order valence-corrected chi connectivity index (χ0v) is 12.1. The van der Waals surface area contributed by atoms with E-state index in [1.54, 1.807) is 6.92 Å². The Kier molecular flexibility index (Phi) is 5.29. The lowest BCUT2D eigenvalue weighted by atomic mass is 9.90. The minimum Gasteiger partial charge on any atom is -0.509 e. The van der Waals surface area contributed by atoms with E-state index in [2.05, 4.69) is 0 Å². The van der Waals surface area contributed by atoms with E-state index in [0.717, 1.165) is 6.42 Å². The molecule has 4 heteroatoms. The number of aliphatic hydroxyl groups excluding tert-OH is 2. The van der Waals surface area contributed by atoms with Crippen molar-refractivity contribution in [1.29, 1.82) is 0 Å². The molecule has 1 unspecified atom stereocenters. The minimum absolute atomic E-state index is 0.171. The standard InChI is InChI=1S/C15H24O4/c1-5-9(4)12(16)11-13(17)10(7-6-8(2)3)14(18)15(11)19/h8-10,14,18-19H,5-7H2,1-4H3/t9?,10-,14-/m1/s1. The Morgan fingerprint density at radius 2 is 1.89 bits per heavy atom. The van der Waals surface area contributed by atoms with Crippen molar-refractivity contribution in [2.75, 3.05) is 0 Å². The summed E-state index contributed by atoms with van der Waals surface area (Å²) in [6.45, 7) is 7.64. The summed E-state index contributed by atoms with van der Waals surface area (Å²) >= 11 is 0. The maximum absolute atomic E-state index is 12.2. The second-order valence-corrected chi connectivity index (χ2v) is 5.82. The number of carbonyl (C=O) groups excluding carboxylic acids is 2. The third kappa shape index (κ3) is 3.24. The van der Waals surface area contributed by atoms with E-state index in [0.29, 0.717) is 18.8 Å². The summed E-state index contributed by atoms with van der Waals surface area (Å²) in [5.41, 5.74) is -0.171. The van der Waals surface area contributed by atoms with Gasteiger partial charge in [-0.15, -0.1) is 0 Å². The van der Waals surface area contributed by atoms with Crippen LogP contribution in [0, 0.1) is 17.8 Å². The number of ketones is 2. The van der Waals surface area contributed by atoms with Crippen molar-refractivity contribution in [3.63, 3.8) is 0 Å². The topological polar surface area (TPSA) is 74.6 Å². The van der Waals surface area contributed by atoms with E-state index in [1.807, 2.05) is 20.8 Å². The summed E-state index contributed by atoms with van der Waals surface area (Å²) in [6.07, 6.45) is 0.675. The molecule has 0 aromatic carbocycles. The number of allylic oxidation sites excluding steroid dienone is 1. The Labute approximate surface area is 114 Å². The van der Waals surface area contributed by atoms with Gasteiger partial charge in [0.1, 0.15) is 17.4 Å². The number of rotatable bonds is 6. The Balaban J connectivity index is 2.89. The van der Waals surface area contributed by atoms with Crippen LogP contribution >= 0.6 is 0 Å².